The van der Waals surface area contributed by atoms with E-state index >= 15 is 0 Å². The third kappa shape index (κ3) is 2.92. The highest BCUT2D eigenvalue weighted by Gasteiger charge is 2.38. The molecule has 3 nitrogen and oxygen atoms in total. The molecule has 2 aliphatic carbocycles. The molecule has 0 atom stereocenters. The summed E-state index contributed by atoms with van der Waals surface area (Å²) in [5.41, 5.74) is -1.60. The van der Waals surface area contributed by atoms with Gasteiger partial charge in [-0.1, -0.05) is 12.8 Å². The highest BCUT2D eigenvalue weighted by atomic mass is 16.3. The highest BCUT2D eigenvalue weighted by molar-refractivity contribution is 4.89. The fourth-order valence-electron chi connectivity index (χ4n) is 2.96. The lowest BCUT2D eigenvalue weighted by atomic mass is 9.86. The van der Waals surface area contributed by atoms with Crippen LogP contribution >= 0.6 is 0 Å². The second-order valence-electron chi connectivity index (χ2n) is 5.31. The summed E-state index contributed by atoms with van der Waals surface area (Å²) in [6.07, 6.45) is 9.85. The Morgan fingerprint density at radius 3 is 1.27 bits per heavy atom. The van der Waals surface area contributed by atoms with Gasteiger partial charge in [-0.2, -0.15) is 0 Å². The lowest BCUT2D eigenvalue weighted by Crippen LogP contribution is -2.59. The molecule has 2 rings (SSSR count). The molecule has 0 amide bonds. The lowest BCUT2D eigenvalue weighted by molar-refractivity contribution is -0.131. The Hall–Kier alpha value is -0.120. The van der Waals surface area contributed by atoms with Gasteiger partial charge in [0.05, 0.1) is 0 Å². The second-order valence-corrected chi connectivity index (χ2v) is 5.31. The van der Waals surface area contributed by atoms with Gasteiger partial charge in [-0.05, 0) is 51.4 Å². The van der Waals surface area contributed by atoms with Crippen LogP contribution in [0.5, 0.6) is 0 Å². The number of hydrogen-bond acceptors (Lipinski definition) is 3. The van der Waals surface area contributed by atoms with Gasteiger partial charge in [0.1, 0.15) is 11.4 Å². The van der Waals surface area contributed by atoms with Crippen LogP contribution in [0, 0.1) is 0 Å². The van der Waals surface area contributed by atoms with Crippen LogP contribution in [0.1, 0.15) is 64.2 Å². The molecular weight excluding hydrogens is 190 g/mol. The van der Waals surface area contributed by atoms with Gasteiger partial charge in [-0.3, -0.25) is 5.32 Å². The molecule has 88 valence electrons. The van der Waals surface area contributed by atoms with Crippen molar-refractivity contribution in [2.24, 2.45) is 0 Å². The zero-order valence-corrected chi connectivity index (χ0v) is 9.47. The summed E-state index contributed by atoms with van der Waals surface area (Å²) < 4.78 is 0. The third-order valence-corrected chi connectivity index (χ3v) is 3.83. The summed E-state index contributed by atoms with van der Waals surface area (Å²) in [7, 11) is 0. The lowest BCUT2D eigenvalue weighted by Gasteiger charge is -2.43. The Balaban J connectivity index is 1.93. The number of aliphatic hydroxyl groups is 2. The van der Waals surface area contributed by atoms with Crippen molar-refractivity contribution in [3.05, 3.63) is 0 Å². The Bertz CT molecular complexity index is 184. The quantitative estimate of drug-likeness (QED) is 0.614. The van der Waals surface area contributed by atoms with Crippen molar-refractivity contribution in [1.82, 2.24) is 5.32 Å². The van der Waals surface area contributed by atoms with Crippen LogP contribution in [0.3, 0.4) is 0 Å². The molecule has 2 fully saturated rings. The average Bonchev–Trinajstić information content (AvgIpc) is 2.18. The molecule has 0 aromatic carbocycles. The second kappa shape index (κ2) is 4.40. The summed E-state index contributed by atoms with van der Waals surface area (Å²) in [6, 6.07) is 0. The first-order valence-corrected chi connectivity index (χ1v) is 6.36. The molecule has 0 unspecified atom stereocenters. The van der Waals surface area contributed by atoms with Gasteiger partial charge in [-0.15, -0.1) is 0 Å². The minimum atomic E-state index is -0.801. The summed E-state index contributed by atoms with van der Waals surface area (Å²) in [4.78, 5) is 0. The molecule has 0 aliphatic heterocycles. The maximum absolute atomic E-state index is 10.3. The number of hydrogen-bond donors (Lipinski definition) is 3. The van der Waals surface area contributed by atoms with Crippen molar-refractivity contribution >= 4 is 0 Å². The molecule has 0 heterocycles. The van der Waals surface area contributed by atoms with Gasteiger partial charge >= 0.3 is 0 Å². The molecular formula is C12H23NO2. The van der Waals surface area contributed by atoms with Crippen molar-refractivity contribution in [3.63, 3.8) is 0 Å². The van der Waals surface area contributed by atoms with Gasteiger partial charge in [0.25, 0.3) is 0 Å². The number of rotatable bonds is 2. The monoisotopic (exact) mass is 213 g/mol. The maximum atomic E-state index is 10.3. The van der Waals surface area contributed by atoms with Crippen LogP contribution in [-0.4, -0.2) is 21.7 Å². The normalized spacial score (nSPS) is 30.0. The predicted molar refractivity (Wildman–Crippen MR) is 59.2 cm³/mol. The summed E-state index contributed by atoms with van der Waals surface area (Å²) in [5, 5.41) is 23.8. The van der Waals surface area contributed by atoms with E-state index in [1.165, 1.54) is 12.8 Å². The molecule has 2 saturated carbocycles. The third-order valence-electron chi connectivity index (χ3n) is 3.83. The van der Waals surface area contributed by atoms with Crippen LogP contribution < -0.4 is 5.32 Å². The molecule has 0 aromatic heterocycles. The van der Waals surface area contributed by atoms with E-state index in [0.717, 1.165) is 51.4 Å². The summed E-state index contributed by atoms with van der Waals surface area (Å²) in [6.45, 7) is 0. The predicted octanol–water partition coefficient (Wildman–Crippen LogP) is 1.88. The largest absolute Gasteiger partial charge is 0.376 e. The first-order chi connectivity index (χ1) is 7.12. The molecule has 0 spiro atoms. The minimum Gasteiger partial charge on any atom is -0.376 e. The Morgan fingerprint density at radius 1 is 0.600 bits per heavy atom. The van der Waals surface area contributed by atoms with Crippen molar-refractivity contribution in [2.45, 2.75) is 75.7 Å². The summed E-state index contributed by atoms with van der Waals surface area (Å²) >= 11 is 0. The summed E-state index contributed by atoms with van der Waals surface area (Å²) in [5.74, 6) is 0. The molecule has 15 heavy (non-hydrogen) atoms. The molecule has 3 N–H and O–H groups in total. The first-order valence-electron chi connectivity index (χ1n) is 6.36. The molecule has 0 bridgehead atoms. The topological polar surface area (TPSA) is 52.5 Å². The van der Waals surface area contributed by atoms with E-state index in [9.17, 15) is 10.2 Å². The SMILES string of the molecule is OC1(NC2(O)CCCCC2)CCCCC1. The zero-order valence-electron chi connectivity index (χ0n) is 9.47. The van der Waals surface area contributed by atoms with Crippen LogP contribution in [0.15, 0.2) is 0 Å². The van der Waals surface area contributed by atoms with E-state index in [4.69, 9.17) is 0 Å². The van der Waals surface area contributed by atoms with Gasteiger partial charge < -0.3 is 10.2 Å². The molecule has 0 aromatic rings. The van der Waals surface area contributed by atoms with Gasteiger partial charge in [0.2, 0.25) is 0 Å². The highest BCUT2D eigenvalue weighted by Crippen LogP contribution is 2.32. The van der Waals surface area contributed by atoms with E-state index < -0.39 is 11.4 Å². The van der Waals surface area contributed by atoms with Crippen LogP contribution in [-0.2, 0) is 0 Å². The standard InChI is InChI=1S/C12H23NO2/c14-11(7-3-1-4-8-11)13-12(15)9-5-2-6-10-12/h13-15H,1-10H2. The fourth-order valence-corrected chi connectivity index (χ4v) is 2.96. The van der Waals surface area contributed by atoms with Gasteiger partial charge in [-0.25, -0.2) is 0 Å². The fraction of sp³-hybridized carbons (Fsp3) is 1.00. The molecule has 0 saturated heterocycles. The van der Waals surface area contributed by atoms with E-state index in [2.05, 4.69) is 5.32 Å². The van der Waals surface area contributed by atoms with Gasteiger partial charge in [0.15, 0.2) is 0 Å². The van der Waals surface area contributed by atoms with Crippen molar-refractivity contribution in [3.8, 4) is 0 Å². The minimum absolute atomic E-state index is 0.787. The number of nitrogens with one attached hydrogen (secondary N) is 1. The van der Waals surface area contributed by atoms with E-state index in [0.29, 0.717) is 0 Å². The van der Waals surface area contributed by atoms with E-state index in [-0.39, 0.29) is 0 Å². The van der Waals surface area contributed by atoms with Crippen molar-refractivity contribution in [1.29, 1.82) is 0 Å². The van der Waals surface area contributed by atoms with Crippen LogP contribution in [0.25, 0.3) is 0 Å². The zero-order chi connectivity index (χ0) is 10.8. The van der Waals surface area contributed by atoms with Crippen molar-refractivity contribution < 1.29 is 10.2 Å². The van der Waals surface area contributed by atoms with Crippen molar-refractivity contribution in [2.75, 3.05) is 0 Å². The Kier molecular flexibility index (Phi) is 3.33. The van der Waals surface area contributed by atoms with Crippen LogP contribution in [0.4, 0.5) is 0 Å². The molecule has 3 heteroatoms. The first kappa shape index (κ1) is 11.4. The molecule has 0 radical (unpaired) electrons. The Labute approximate surface area is 91.9 Å². The van der Waals surface area contributed by atoms with Crippen LogP contribution in [0.2, 0.25) is 0 Å². The Morgan fingerprint density at radius 2 is 0.933 bits per heavy atom. The van der Waals surface area contributed by atoms with E-state index in [1.807, 2.05) is 0 Å². The average molecular weight is 213 g/mol. The smallest absolute Gasteiger partial charge is 0.118 e. The maximum Gasteiger partial charge on any atom is 0.118 e. The van der Waals surface area contributed by atoms with E-state index in [1.54, 1.807) is 0 Å². The van der Waals surface area contributed by atoms with Gasteiger partial charge in [0, 0.05) is 0 Å². The molecule has 2 aliphatic rings.